The van der Waals surface area contributed by atoms with Crippen molar-refractivity contribution in [1.82, 2.24) is 61.8 Å². The van der Waals surface area contributed by atoms with Crippen LogP contribution in [0.4, 0.5) is 0 Å². The van der Waals surface area contributed by atoms with Gasteiger partial charge < -0.3 is 46.9 Å². The zero-order valence-electron chi connectivity index (χ0n) is 22.2. The highest BCUT2D eigenvalue weighted by Gasteiger charge is 2.28. The molecule has 4 heterocycles. The maximum absolute atomic E-state index is 13.0. The van der Waals surface area contributed by atoms with E-state index in [1.807, 2.05) is 0 Å². The van der Waals surface area contributed by atoms with E-state index in [0.717, 1.165) is 0 Å². The van der Waals surface area contributed by atoms with E-state index in [9.17, 15) is 28.8 Å². The Balaban J connectivity index is 1.54. The predicted octanol–water partition coefficient (Wildman–Crippen LogP) is -4.30. The zero-order chi connectivity index (χ0) is 29.9. The number of carbonyl (C=O) groups excluding carboxylic acids is 6. The molecule has 6 amide bonds. The Morgan fingerprint density at radius 1 is 0.500 bits per heavy atom. The fourth-order valence-corrected chi connectivity index (χ4v) is 4.08. The molecule has 3 aromatic heterocycles. The number of rotatable bonds is 6. The van der Waals surface area contributed by atoms with Gasteiger partial charge in [-0.3, -0.25) is 28.8 Å². The highest BCUT2D eigenvalue weighted by Crippen LogP contribution is 2.02. The van der Waals surface area contributed by atoms with Crippen LogP contribution in [0.25, 0.3) is 0 Å². The number of aromatic amines is 3. The van der Waals surface area contributed by atoms with Crippen LogP contribution in [-0.4, -0.2) is 103 Å². The molecule has 0 radical (unpaired) electrons. The molecular formula is C24H30N12O6. The van der Waals surface area contributed by atoms with Gasteiger partial charge >= 0.3 is 0 Å². The van der Waals surface area contributed by atoms with Gasteiger partial charge in [0.1, 0.15) is 18.1 Å². The molecule has 222 valence electrons. The standard InChI is InChI=1S/C24H30N12O6/c37-19-7-29-23(41)17(2-14-5-26-11-32-14)36-21(39)9-30-24(42)18(3-15-6-27-12-33-15)35-20(38)8-28-22(40)16(34-19)1-13-4-25-10-31-13/h4-6,10-12,16-18H,1-3,7-9H2,(H,25,31)(H,26,32)(H,27,33)(H,28,40)(H,29,41)(H,30,42)(H,34,37)(H,35,38)(H,36,39)/t16-,17-,18-/m0/s1. The van der Waals surface area contributed by atoms with Crippen LogP contribution in [0.15, 0.2) is 37.6 Å². The molecule has 0 aliphatic carbocycles. The Bertz CT molecular complexity index is 1210. The molecule has 0 bridgehead atoms. The summed E-state index contributed by atoms with van der Waals surface area (Å²) in [6, 6.07) is -3.40. The normalized spacial score (nSPS) is 21.6. The van der Waals surface area contributed by atoms with Crippen molar-refractivity contribution in [2.75, 3.05) is 19.6 Å². The maximum atomic E-state index is 13.0. The smallest absolute Gasteiger partial charge is 0.243 e. The highest BCUT2D eigenvalue weighted by molar-refractivity contribution is 5.96. The second kappa shape index (κ2) is 14.2. The molecule has 3 atom stereocenters. The van der Waals surface area contributed by atoms with Gasteiger partial charge in [-0.05, 0) is 0 Å². The van der Waals surface area contributed by atoms with Crippen LogP contribution in [0.3, 0.4) is 0 Å². The minimum atomic E-state index is -1.13. The van der Waals surface area contributed by atoms with Gasteiger partial charge in [-0.1, -0.05) is 0 Å². The lowest BCUT2D eigenvalue weighted by atomic mass is 10.1. The first-order valence-corrected chi connectivity index (χ1v) is 12.9. The van der Waals surface area contributed by atoms with Gasteiger partial charge in [0, 0.05) is 54.9 Å². The molecule has 0 spiro atoms. The third-order valence-corrected chi connectivity index (χ3v) is 6.16. The van der Waals surface area contributed by atoms with Crippen molar-refractivity contribution in [3.05, 3.63) is 54.7 Å². The third kappa shape index (κ3) is 8.73. The number of carbonyl (C=O) groups is 6. The first-order valence-electron chi connectivity index (χ1n) is 12.9. The SMILES string of the molecule is O=C1CNC(=O)[C@H](Cc2cnc[nH]2)NC(=O)CNC(=O)[C@H](Cc2cnc[nH]2)NC(=O)CNC(=O)[C@H](Cc2cnc[nH]2)N1. The van der Waals surface area contributed by atoms with Crippen molar-refractivity contribution < 1.29 is 28.8 Å². The van der Waals surface area contributed by atoms with Crippen LogP contribution < -0.4 is 31.9 Å². The Kier molecular flexibility index (Phi) is 9.94. The highest BCUT2D eigenvalue weighted by atomic mass is 16.2. The average molecular weight is 583 g/mol. The number of nitrogens with one attached hydrogen (secondary N) is 9. The monoisotopic (exact) mass is 582 g/mol. The lowest BCUT2D eigenvalue weighted by Crippen LogP contribution is -2.56. The summed E-state index contributed by atoms with van der Waals surface area (Å²) in [5.74, 6) is -4.11. The van der Waals surface area contributed by atoms with Gasteiger partial charge in [0.25, 0.3) is 0 Å². The minimum Gasteiger partial charge on any atom is -0.348 e. The fourth-order valence-electron chi connectivity index (χ4n) is 4.08. The average Bonchev–Trinajstić information content (AvgIpc) is 3.77. The Morgan fingerprint density at radius 2 is 0.786 bits per heavy atom. The lowest BCUT2D eigenvalue weighted by molar-refractivity contribution is -0.133. The number of nitrogens with zero attached hydrogens (tertiary/aromatic N) is 3. The molecule has 1 fully saturated rings. The first-order chi connectivity index (χ1) is 20.3. The summed E-state index contributed by atoms with van der Waals surface area (Å²) in [5, 5.41) is 15.0. The van der Waals surface area contributed by atoms with Gasteiger partial charge in [0.05, 0.1) is 38.6 Å². The topological polar surface area (TPSA) is 261 Å². The molecule has 1 saturated heterocycles. The molecule has 18 heteroatoms. The summed E-state index contributed by atoms with van der Waals surface area (Å²) in [4.78, 5) is 97.3. The summed E-state index contributed by atoms with van der Waals surface area (Å²) in [6.45, 7) is -1.52. The van der Waals surface area contributed by atoms with Crippen LogP contribution in [0.5, 0.6) is 0 Å². The van der Waals surface area contributed by atoms with Gasteiger partial charge in [0.2, 0.25) is 35.4 Å². The van der Waals surface area contributed by atoms with Crippen LogP contribution >= 0.6 is 0 Å². The summed E-state index contributed by atoms with van der Waals surface area (Å²) in [7, 11) is 0. The van der Waals surface area contributed by atoms with Crippen LogP contribution in [0.2, 0.25) is 0 Å². The zero-order valence-corrected chi connectivity index (χ0v) is 22.2. The van der Waals surface area contributed by atoms with Crippen molar-refractivity contribution in [2.45, 2.75) is 37.4 Å². The second-order valence-corrected chi connectivity index (χ2v) is 9.36. The summed E-state index contributed by atoms with van der Waals surface area (Å²) in [6.07, 6.45) is 8.67. The Morgan fingerprint density at radius 3 is 1.02 bits per heavy atom. The van der Waals surface area contributed by atoms with E-state index in [2.05, 4.69) is 61.8 Å². The fraction of sp³-hybridized carbons (Fsp3) is 0.375. The lowest BCUT2D eigenvalue weighted by Gasteiger charge is -2.22. The molecule has 18 nitrogen and oxygen atoms in total. The number of hydrogen-bond acceptors (Lipinski definition) is 9. The quantitative estimate of drug-likeness (QED) is 0.136. The first kappa shape index (κ1) is 29.4. The van der Waals surface area contributed by atoms with E-state index in [1.54, 1.807) is 0 Å². The molecule has 1 aliphatic heterocycles. The molecule has 42 heavy (non-hydrogen) atoms. The number of hydrogen-bond donors (Lipinski definition) is 9. The summed E-state index contributed by atoms with van der Waals surface area (Å²) >= 11 is 0. The third-order valence-electron chi connectivity index (χ3n) is 6.16. The molecule has 0 saturated carbocycles. The molecule has 0 unspecified atom stereocenters. The maximum Gasteiger partial charge on any atom is 0.243 e. The van der Waals surface area contributed by atoms with Gasteiger partial charge in [-0.15, -0.1) is 0 Å². The van der Waals surface area contributed by atoms with E-state index < -0.39 is 73.2 Å². The minimum absolute atomic E-state index is 0.0104. The van der Waals surface area contributed by atoms with Crippen molar-refractivity contribution in [3.63, 3.8) is 0 Å². The van der Waals surface area contributed by atoms with Crippen LogP contribution in [-0.2, 0) is 48.0 Å². The molecular weight excluding hydrogens is 552 g/mol. The summed E-state index contributed by atoms with van der Waals surface area (Å²) in [5.41, 5.74) is 1.60. The van der Waals surface area contributed by atoms with E-state index in [1.165, 1.54) is 37.6 Å². The van der Waals surface area contributed by atoms with E-state index in [-0.39, 0.29) is 19.3 Å². The van der Waals surface area contributed by atoms with Gasteiger partial charge in [-0.25, -0.2) is 15.0 Å². The predicted molar refractivity (Wildman–Crippen MR) is 142 cm³/mol. The number of amides is 6. The largest absolute Gasteiger partial charge is 0.348 e. The Hall–Kier alpha value is -5.55. The number of imidazole rings is 3. The Labute approximate surface area is 238 Å². The van der Waals surface area contributed by atoms with Crippen molar-refractivity contribution in [2.24, 2.45) is 0 Å². The van der Waals surface area contributed by atoms with Crippen molar-refractivity contribution in [1.29, 1.82) is 0 Å². The van der Waals surface area contributed by atoms with Gasteiger partial charge in [-0.2, -0.15) is 0 Å². The van der Waals surface area contributed by atoms with E-state index >= 15 is 0 Å². The van der Waals surface area contributed by atoms with E-state index in [0.29, 0.717) is 17.1 Å². The van der Waals surface area contributed by atoms with Crippen LogP contribution in [0, 0.1) is 0 Å². The van der Waals surface area contributed by atoms with Gasteiger partial charge in [0.15, 0.2) is 0 Å². The molecule has 1 aliphatic rings. The van der Waals surface area contributed by atoms with Crippen molar-refractivity contribution >= 4 is 35.4 Å². The second-order valence-electron chi connectivity index (χ2n) is 9.36. The molecule has 9 N–H and O–H groups in total. The number of aromatic nitrogens is 6. The van der Waals surface area contributed by atoms with Crippen molar-refractivity contribution in [3.8, 4) is 0 Å². The number of H-pyrrole nitrogens is 3. The summed E-state index contributed by atoms with van der Waals surface area (Å²) < 4.78 is 0. The molecule has 0 aromatic carbocycles. The van der Waals surface area contributed by atoms with Crippen LogP contribution in [0.1, 0.15) is 17.1 Å². The van der Waals surface area contributed by atoms with E-state index in [4.69, 9.17) is 0 Å². The molecule has 3 aromatic rings. The molecule has 4 rings (SSSR count).